The second-order valence-electron chi connectivity index (χ2n) is 7.36. The van der Waals surface area contributed by atoms with E-state index in [1.165, 1.54) is 11.1 Å². The van der Waals surface area contributed by atoms with E-state index >= 15 is 0 Å². The van der Waals surface area contributed by atoms with Crippen LogP contribution in [0.1, 0.15) is 36.4 Å². The van der Waals surface area contributed by atoms with E-state index in [4.69, 9.17) is 16.3 Å². The molecule has 3 atom stereocenters. The first kappa shape index (κ1) is 17.6. The first-order valence-corrected chi connectivity index (χ1v) is 11.1. The molecular weight excluding hydrogens is 360 g/mol. The maximum absolute atomic E-state index is 12.5. The van der Waals surface area contributed by atoms with Crippen LogP contribution >= 0.6 is 11.6 Å². The zero-order valence-corrected chi connectivity index (χ0v) is 16.1. The Morgan fingerprint density at radius 2 is 2.16 bits per heavy atom. The minimum absolute atomic E-state index is 0.0757. The average molecular weight is 385 g/mol. The van der Waals surface area contributed by atoms with E-state index in [-0.39, 0.29) is 11.3 Å². The predicted octanol–water partition coefficient (Wildman–Crippen LogP) is 2.60. The van der Waals surface area contributed by atoms with Gasteiger partial charge in [-0.3, -0.25) is 4.90 Å². The largest absolute Gasteiger partial charge is 0.497 e. The highest BCUT2D eigenvalue weighted by Crippen LogP contribution is 2.44. The van der Waals surface area contributed by atoms with Crippen LogP contribution in [0.15, 0.2) is 18.2 Å². The molecule has 0 aliphatic carbocycles. The molecule has 0 spiro atoms. The summed E-state index contributed by atoms with van der Waals surface area (Å²) in [4.78, 5) is 2.55. The molecule has 7 heteroatoms. The fourth-order valence-corrected chi connectivity index (χ4v) is 6.50. The van der Waals surface area contributed by atoms with Crippen molar-refractivity contribution in [2.75, 3.05) is 32.0 Å². The summed E-state index contributed by atoms with van der Waals surface area (Å²) in [5, 5.41) is -0.321. The summed E-state index contributed by atoms with van der Waals surface area (Å²) < 4.78 is 32.0. The number of ether oxygens (including phenoxy) is 1. The lowest BCUT2D eigenvalue weighted by Gasteiger charge is -2.51. The third-order valence-corrected chi connectivity index (χ3v) is 8.39. The van der Waals surface area contributed by atoms with E-state index in [9.17, 15) is 8.42 Å². The van der Waals surface area contributed by atoms with Crippen LogP contribution in [0.5, 0.6) is 5.75 Å². The summed E-state index contributed by atoms with van der Waals surface area (Å²) in [7, 11) is -1.66. The van der Waals surface area contributed by atoms with E-state index in [2.05, 4.69) is 17.0 Å². The van der Waals surface area contributed by atoms with Crippen molar-refractivity contribution < 1.29 is 13.2 Å². The summed E-state index contributed by atoms with van der Waals surface area (Å²) in [5.41, 5.74) is 2.67. The van der Waals surface area contributed by atoms with Crippen LogP contribution in [0.2, 0.25) is 0 Å². The molecule has 0 bridgehead atoms. The standard InChI is InChI=1S/C18H25ClN2O3S/c1-24-15-4-5-16-13(9-15)6-8-20-11-14-3-2-7-21(25(22,23)12-19)17(14)10-18(16)20/h4-5,9,14,17-18H,2-3,6-8,10-12H2,1H3/t14-,17+,18-/m0/s1. The Hall–Kier alpha value is -0.820. The van der Waals surface area contributed by atoms with Crippen LogP contribution in [0.4, 0.5) is 0 Å². The van der Waals surface area contributed by atoms with Crippen LogP contribution in [0.3, 0.4) is 0 Å². The summed E-state index contributed by atoms with van der Waals surface area (Å²) in [5.74, 6) is 1.31. The number of halogens is 1. The average Bonchev–Trinajstić information content (AvgIpc) is 2.65. The van der Waals surface area contributed by atoms with Crippen molar-refractivity contribution in [2.24, 2.45) is 5.92 Å². The Bertz CT molecular complexity index is 755. The number of fused-ring (bicyclic) bond motifs is 4. The van der Waals surface area contributed by atoms with Gasteiger partial charge in [0, 0.05) is 31.7 Å². The number of rotatable bonds is 3. The molecule has 0 N–H and O–H groups in total. The molecule has 0 amide bonds. The molecule has 3 aliphatic rings. The normalized spacial score (nSPS) is 30.2. The fourth-order valence-electron chi connectivity index (χ4n) is 4.93. The highest BCUT2D eigenvalue weighted by molar-refractivity contribution is 7.90. The second kappa shape index (κ2) is 6.72. The predicted molar refractivity (Wildman–Crippen MR) is 98.5 cm³/mol. The van der Waals surface area contributed by atoms with Gasteiger partial charge in [0.05, 0.1) is 7.11 Å². The number of benzene rings is 1. The van der Waals surface area contributed by atoms with Gasteiger partial charge >= 0.3 is 0 Å². The summed E-state index contributed by atoms with van der Waals surface area (Å²) in [6.45, 7) is 2.63. The monoisotopic (exact) mass is 384 g/mol. The molecule has 0 saturated carbocycles. The molecule has 1 aromatic carbocycles. The maximum Gasteiger partial charge on any atom is 0.228 e. The van der Waals surface area contributed by atoms with Crippen LogP contribution in [0, 0.1) is 5.92 Å². The lowest BCUT2D eigenvalue weighted by atomic mass is 9.77. The van der Waals surface area contributed by atoms with Gasteiger partial charge in [0.15, 0.2) is 0 Å². The number of hydrogen-bond acceptors (Lipinski definition) is 4. The number of alkyl halides is 1. The van der Waals surface area contributed by atoms with Gasteiger partial charge in [-0.25, -0.2) is 8.42 Å². The molecule has 3 aliphatic heterocycles. The van der Waals surface area contributed by atoms with Crippen molar-refractivity contribution in [2.45, 2.75) is 37.8 Å². The van der Waals surface area contributed by atoms with Crippen LogP contribution in [-0.4, -0.2) is 55.6 Å². The summed E-state index contributed by atoms with van der Waals surface area (Å²) in [6, 6.07) is 6.68. The Kier molecular flexibility index (Phi) is 4.73. The van der Waals surface area contributed by atoms with E-state index in [1.807, 2.05) is 6.07 Å². The lowest BCUT2D eigenvalue weighted by Crippen LogP contribution is -2.57. The van der Waals surface area contributed by atoms with Gasteiger partial charge in [-0.15, -0.1) is 11.6 Å². The zero-order chi connectivity index (χ0) is 17.6. The second-order valence-corrected chi connectivity index (χ2v) is 9.87. The lowest BCUT2D eigenvalue weighted by molar-refractivity contribution is 0.0221. The Balaban J connectivity index is 1.65. The molecule has 0 unspecified atom stereocenters. The molecule has 3 heterocycles. The molecule has 2 fully saturated rings. The van der Waals surface area contributed by atoms with E-state index in [1.54, 1.807) is 11.4 Å². The number of methoxy groups -OCH3 is 1. The van der Waals surface area contributed by atoms with Crippen LogP contribution in [0.25, 0.3) is 0 Å². The van der Waals surface area contributed by atoms with E-state index < -0.39 is 10.0 Å². The maximum atomic E-state index is 12.5. The number of hydrogen-bond donors (Lipinski definition) is 0. The fraction of sp³-hybridized carbons (Fsp3) is 0.667. The Labute approximate surface area is 154 Å². The summed E-state index contributed by atoms with van der Waals surface area (Å²) in [6.07, 6.45) is 3.94. The molecule has 4 rings (SSSR count). The first-order chi connectivity index (χ1) is 12.0. The van der Waals surface area contributed by atoms with Crippen molar-refractivity contribution >= 4 is 21.6 Å². The van der Waals surface area contributed by atoms with Gasteiger partial charge in [0.2, 0.25) is 10.0 Å². The number of piperidine rings is 2. The third-order valence-electron chi connectivity index (χ3n) is 6.11. The topological polar surface area (TPSA) is 49.9 Å². The quantitative estimate of drug-likeness (QED) is 0.751. The first-order valence-electron chi connectivity index (χ1n) is 9.00. The van der Waals surface area contributed by atoms with E-state index in [0.717, 1.165) is 44.5 Å². The molecule has 138 valence electrons. The smallest absolute Gasteiger partial charge is 0.228 e. The van der Waals surface area contributed by atoms with Crippen molar-refractivity contribution in [3.05, 3.63) is 29.3 Å². The molecule has 25 heavy (non-hydrogen) atoms. The van der Waals surface area contributed by atoms with Gasteiger partial charge in [0.1, 0.15) is 11.0 Å². The van der Waals surface area contributed by atoms with Gasteiger partial charge in [-0.1, -0.05) is 6.07 Å². The third kappa shape index (κ3) is 3.07. The van der Waals surface area contributed by atoms with Gasteiger partial charge in [-0.05, 0) is 54.9 Å². The SMILES string of the molecule is COc1ccc2c(c1)CCN1C[C@@H]3CCCN(S(=O)(=O)CCl)[C@@H]3C[C@@H]21. The number of sulfonamides is 1. The highest BCUT2D eigenvalue weighted by atomic mass is 35.5. The van der Waals surface area contributed by atoms with Crippen molar-refractivity contribution in [1.82, 2.24) is 9.21 Å². The molecule has 1 aromatic rings. The van der Waals surface area contributed by atoms with E-state index in [0.29, 0.717) is 18.5 Å². The minimum Gasteiger partial charge on any atom is -0.497 e. The van der Waals surface area contributed by atoms with Crippen molar-refractivity contribution in [3.8, 4) is 5.75 Å². The minimum atomic E-state index is -3.36. The van der Waals surface area contributed by atoms with Gasteiger partial charge in [-0.2, -0.15) is 4.31 Å². The van der Waals surface area contributed by atoms with Crippen molar-refractivity contribution in [3.63, 3.8) is 0 Å². The van der Waals surface area contributed by atoms with Crippen LogP contribution < -0.4 is 4.74 Å². The summed E-state index contributed by atoms with van der Waals surface area (Å²) >= 11 is 5.76. The molecule has 0 aromatic heterocycles. The Morgan fingerprint density at radius 3 is 2.92 bits per heavy atom. The zero-order valence-electron chi connectivity index (χ0n) is 14.5. The van der Waals surface area contributed by atoms with Gasteiger partial charge < -0.3 is 4.74 Å². The van der Waals surface area contributed by atoms with Crippen LogP contribution in [-0.2, 0) is 16.4 Å². The highest BCUT2D eigenvalue weighted by Gasteiger charge is 2.45. The molecular formula is C18H25ClN2O3S. The Morgan fingerprint density at radius 1 is 1.32 bits per heavy atom. The van der Waals surface area contributed by atoms with Crippen molar-refractivity contribution in [1.29, 1.82) is 0 Å². The molecule has 0 radical (unpaired) electrons. The van der Waals surface area contributed by atoms with Gasteiger partial charge in [0.25, 0.3) is 0 Å². The number of nitrogens with zero attached hydrogens (tertiary/aromatic N) is 2. The molecule has 5 nitrogen and oxygen atoms in total. The molecule has 2 saturated heterocycles.